The van der Waals surface area contributed by atoms with Crippen LogP contribution in [0.1, 0.15) is 83.6 Å². The summed E-state index contributed by atoms with van der Waals surface area (Å²) < 4.78 is 14.1. The number of halogens is 2. The molecule has 1 unspecified atom stereocenters. The number of nitrogens with one attached hydrogen (secondary N) is 2. The summed E-state index contributed by atoms with van der Waals surface area (Å²) in [6.07, 6.45) is 0.888. The van der Waals surface area contributed by atoms with Crippen molar-refractivity contribution in [3.8, 4) is 0 Å². The largest absolute Gasteiger partial charge is 0.386 e. The molecule has 0 aliphatic heterocycles. The summed E-state index contributed by atoms with van der Waals surface area (Å²) in [5.74, 6) is -0.598. The van der Waals surface area contributed by atoms with E-state index in [-0.39, 0.29) is 41.1 Å². The molecule has 0 aromatic heterocycles. The lowest BCUT2D eigenvalue weighted by molar-refractivity contribution is -0.150. The molecule has 3 atom stereocenters. The highest BCUT2D eigenvalue weighted by molar-refractivity contribution is 6.29. The van der Waals surface area contributed by atoms with Crippen LogP contribution in [0.4, 0.5) is 4.39 Å². The first-order valence-corrected chi connectivity index (χ1v) is 13.2. The van der Waals surface area contributed by atoms with Gasteiger partial charge in [-0.3, -0.25) is 15.1 Å². The summed E-state index contributed by atoms with van der Waals surface area (Å²) in [7, 11) is 0. The minimum absolute atomic E-state index is 0.0213. The fraction of sp³-hybridized carbons (Fsp3) is 0.467. The van der Waals surface area contributed by atoms with Crippen LogP contribution in [0.5, 0.6) is 0 Å². The van der Waals surface area contributed by atoms with E-state index in [4.69, 9.17) is 17.0 Å². The molecule has 2 aromatic rings. The molecule has 37 heavy (non-hydrogen) atoms. The van der Waals surface area contributed by atoms with Crippen LogP contribution in [0.2, 0.25) is 0 Å². The topological polar surface area (TPSA) is 76.4 Å². The number of allylic oxidation sites excluding steroid dienone is 1. The van der Waals surface area contributed by atoms with E-state index in [9.17, 15) is 14.3 Å². The number of rotatable bonds is 10. The van der Waals surface area contributed by atoms with E-state index >= 15 is 0 Å². The highest BCUT2D eigenvalue weighted by atomic mass is 35.5. The standard InChI is InChI=1S/C30H39ClFN3O2/c1-20(16-25(31)21(2)32)35(30(18-29(4,5)19-30)17-26(36)34-22(3)33)27(23-12-8-6-9-13-23)28(37)24-14-10-7-11-15-24/h6-15,20,27-28,37H,16-19H2,1-5H3,(H2,33,34,36)/b25-21-/t20?,27-,28+/m1/s1. The zero-order chi connectivity index (χ0) is 27.4. The molecule has 3 rings (SSSR count). The van der Waals surface area contributed by atoms with Gasteiger partial charge >= 0.3 is 0 Å². The molecule has 0 radical (unpaired) electrons. The zero-order valence-corrected chi connectivity index (χ0v) is 23.1. The lowest BCUT2D eigenvalue weighted by Crippen LogP contribution is -2.65. The van der Waals surface area contributed by atoms with E-state index in [1.165, 1.54) is 13.8 Å². The van der Waals surface area contributed by atoms with Gasteiger partial charge < -0.3 is 10.4 Å². The van der Waals surface area contributed by atoms with Crippen molar-refractivity contribution in [1.29, 1.82) is 5.41 Å². The summed E-state index contributed by atoms with van der Waals surface area (Å²) in [6.45, 7) is 9.19. The third kappa shape index (κ3) is 7.07. The highest BCUT2D eigenvalue weighted by Gasteiger charge is 2.57. The summed E-state index contributed by atoms with van der Waals surface area (Å²) in [5.41, 5.74) is 1.01. The van der Waals surface area contributed by atoms with Crippen molar-refractivity contribution in [3.05, 3.63) is 82.6 Å². The first-order valence-electron chi connectivity index (χ1n) is 12.8. The fourth-order valence-electron chi connectivity index (χ4n) is 6.19. The maximum absolute atomic E-state index is 14.1. The molecule has 1 fully saturated rings. The van der Waals surface area contributed by atoms with Gasteiger partial charge in [0.2, 0.25) is 5.91 Å². The molecule has 0 spiro atoms. The molecule has 5 nitrogen and oxygen atoms in total. The number of amides is 1. The molecule has 7 heteroatoms. The smallest absolute Gasteiger partial charge is 0.227 e. The number of nitrogens with zero attached hydrogens (tertiary/aromatic N) is 1. The van der Waals surface area contributed by atoms with Crippen molar-refractivity contribution in [3.63, 3.8) is 0 Å². The normalized spacial score (nSPS) is 19.3. The van der Waals surface area contributed by atoms with E-state index in [1.54, 1.807) is 0 Å². The van der Waals surface area contributed by atoms with Crippen molar-refractivity contribution in [2.45, 2.75) is 84.0 Å². The van der Waals surface area contributed by atoms with E-state index in [0.717, 1.165) is 11.1 Å². The fourth-order valence-corrected chi connectivity index (χ4v) is 6.42. The number of hydrogen-bond donors (Lipinski definition) is 3. The molecule has 0 bridgehead atoms. The van der Waals surface area contributed by atoms with Gasteiger partial charge in [0.15, 0.2) is 0 Å². The zero-order valence-electron chi connectivity index (χ0n) is 22.4. The number of carbonyl (C=O) groups excluding carboxylic acids is 1. The maximum Gasteiger partial charge on any atom is 0.227 e. The van der Waals surface area contributed by atoms with Crippen molar-refractivity contribution < 1.29 is 14.3 Å². The van der Waals surface area contributed by atoms with Gasteiger partial charge in [-0.2, -0.15) is 0 Å². The summed E-state index contributed by atoms with van der Waals surface area (Å²) in [4.78, 5) is 15.3. The lowest BCUT2D eigenvalue weighted by Gasteiger charge is -2.62. The molecule has 0 saturated heterocycles. The first kappa shape index (κ1) is 29.0. The summed E-state index contributed by atoms with van der Waals surface area (Å²) in [6, 6.07) is 18.4. The van der Waals surface area contributed by atoms with Crippen LogP contribution in [-0.4, -0.2) is 33.3 Å². The maximum atomic E-state index is 14.1. The molecule has 0 heterocycles. The van der Waals surface area contributed by atoms with E-state index in [0.29, 0.717) is 12.8 Å². The average Bonchev–Trinajstić information content (AvgIpc) is 2.81. The molecular formula is C30H39ClFN3O2. The van der Waals surface area contributed by atoms with Crippen molar-refractivity contribution >= 4 is 23.3 Å². The molecular weight excluding hydrogens is 489 g/mol. The first-order chi connectivity index (χ1) is 17.3. The van der Waals surface area contributed by atoms with Crippen LogP contribution in [-0.2, 0) is 4.79 Å². The van der Waals surface area contributed by atoms with Gasteiger partial charge in [-0.05, 0) is 50.2 Å². The second-order valence-electron chi connectivity index (χ2n) is 11.2. The van der Waals surface area contributed by atoms with Gasteiger partial charge in [0.25, 0.3) is 0 Å². The Morgan fingerprint density at radius 1 is 1.08 bits per heavy atom. The van der Waals surface area contributed by atoms with Crippen molar-refractivity contribution in [2.24, 2.45) is 5.41 Å². The Bertz CT molecular complexity index is 1110. The number of aliphatic hydroxyl groups excluding tert-OH is 1. The molecule has 1 saturated carbocycles. The third-order valence-corrected chi connectivity index (χ3v) is 7.60. The van der Waals surface area contributed by atoms with Gasteiger partial charge in [0.05, 0.1) is 23.0 Å². The minimum atomic E-state index is -0.909. The Labute approximate surface area is 225 Å². The third-order valence-electron chi connectivity index (χ3n) is 7.18. The Morgan fingerprint density at radius 2 is 1.59 bits per heavy atom. The molecule has 1 aliphatic carbocycles. The summed E-state index contributed by atoms with van der Waals surface area (Å²) >= 11 is 6.35. The van der Waals surface area contributed by atoms with Crippen molar-refractivity contribution in [1.82, 2.24) is 10.2 Å². The van der Waals surface area contributed by atoms with Crippen LogP contribution < -0.4 is 5.32 Å². The highest BCUT2D eigenvalue weighted by Crippen LogP contribution is 2.57. The van der Waals surface area contributed by atoms with Crippen LogP contribution in [0.25, 0.3) is 0 Å². The predicted octanol–water partition coefficient (Wildman–Crippen LogP) is 7.04. The van der Waals surface area contributed by atoms with Crippen LogP contribution in [0.3, 0.4) is 0 Å². The van der Waals surface area contributed by atoms with Crippen LogP contribution in [0.15, 0.2) is 71.5 Å². The lowest BCUT2D eigenvalue weighted by atomic mass is 9.56. The quantitative estimate of drug-likeness (QED) is 0.229. The second kappa shape index (κ2) is 11.9. The molecule has 2 aromatic carbocycles. The predicted molar refractivity (Wildman–Crippen MR) is 148 cm³/mol. The minimum Gasteiger partial charge on any atom is -0.386 e. The van der Waals surface area contributed by atoms with E-state index in [2.05, 4.69) is 24.1 Å². The Morgan fingerprint density at radius 3 is 2.05 bits per heavy atom. The number of amidine groups is 1. The Hall–Kier alpha value is -2.54. The molecule has 1 aliphatic rings. The number of carbonyl (C=O) groups is 1. The monoisotopic (exact) mass is 527 g/mol. The Kier molecular flexibility index (Phi) is 9.32. The van der Waals surface area contributed by atoms with Gasteiger partial charge in [-0.25, -0.2) is 4.39 Å². The SMILES string of the molecule is CC(=N)NC(=O)CC1(N(C(C)C/C(Cl)=C(\C)F)[C@H](c2ccccc2)[C@@H](O)c2ccccc2)CC(C)(C)C1. The van der Waals surface area contributed by atoms with Gasteiger partial charge in [-0.15, -0.1) is 0 Å². The van der Waals surface area contributed by atoms with Gasteiger partial charge in [0.1, 0.15) is 5.83 Å². The molecule has 3 N–H and O–H groups in total. The van der Waals surface area contributed by atoms with Crippen LogP contribution >= 0.6 is 11.6 Å². The Balaban J connectivity index is 2.19. The summed E-state index contributed by atoms with van der Waals surface area (Å²) in [5, 5.41) is 22.4. The second-order valence-corrected chi connectivity index (χ2v) is 11.7. The van der Waals surface area contributed by atoms with Crippen molar-refractivity contribution in [2.75, 3.05) is 0 Å². The van der Waals surface area contributed by atoms with E-state index in [1.807, 2.05) is 67.6 Å². The van der Waals surface area contributed by atoms with E-state index < -0.39 is 23.5 Å². The van der Waals surface area contributed by atoms with Gasteiger partial charge in [-0.1, -0.05) is 86.1 Å². The average molecular weight is 528 g/mol. The molecule has 200 valence electrons. The van der Waals surface area contributed by atoms with Gasteiger partial charge in [0, 0.05) is 24.4 Å². The number of hydrogen-bond acceptors (Lipinski definition) is 4. The number of benzene rings is 2. The number of aliphatic hydroxyl groups is 1. The van der Waals surface area contributed by atoms with Crippen LogP contribution in [0, 0.1) is 10.8 Å². The molecule has 1 amide bonds.